The molecule has 2 aliphatic rings. The summed E-state index contributed by atoms with van der Waals surface area (Å²) < 4.78 is 33.9. The normalized spacial score (nSPS) is 19.9. The smallest absolute Gasteiger partial charge is 0.337 e. The van der Waals surface area contributed by atoms with Crippen molar-refractivity contribution in [3.63, 3.8) is 0 Å². The Morgan fingerprint density at radius 3 is 2.27 bits per heavy atom. The minimum Gasteiger partial charge on any atom is -0.465 e. The van der Waals surface area contributed by atoms with Crippen LogP contribution in [0.2, 0.25) is 0 Å². The fraction of sp³-hybridized carbons (Fsp3) is 0.652. The van der Waals surface area contributed by atoms with E-state index >= 15 is 0 Å². The first-order valence-electron chi connectivity index (χ1n) is 11.7. The molecule has 1 N–H and O–H groups in total. The van der Waals surface area contributed by atoms with Crippen LogP contribution in [0.5, 0.6) is 0 Å². The van der Waals surface area contributed by atoms with Gasteiger partial charge in [0.25, 0.3) is 10.2 Å². The van der Waals surface area contributed by atoms with Crippen molar-refractivity contribution in [1.29, 1.82) is 0 Å². The molecule has 1 aromatic rings. The van der Waals surface area contributed by atoms with Gasteiger partial charge in [0.15, 0.2) is 0 Å². The monoisotopic (exact) mass is 480 g/mol. The molecule has 33 heavy (non-hydrogen) atoms. The maximum Gasteiger partial charge on any atom is 0.337 e. The van der Waals surface area contributed by atoms with Gasteiger partial charge in [0.2, 0.25) is 5.91 Å². The molecule has 1 amide bonds. The van der Waals surface area contributed by atoms with Crippen LogP contribution in [0.25, 0.3) is 0 Å². The molecule has 2 fully saturated rings. The maximum absolute atomic E-state index is 13.1. The number of ether oxygens (including phenoxy) is 1. The van der Waals surface area contributed by atoms with Gasteiger partial charge in [-0.3, -0.25) is 9.69 Å². The Balaban J connectivity index is 1.47. The summed E-state index contributed by atoms with van der Waals surface area (Å²) >= 11 is 0. The molecular weight excluding hydrogens is 444 g/mol. The van der Waals surface area contributed by atoms with E-state index in [0.717, 1.165) is 31.2 Å². The molecule has 1 aliphatic heterocycles. The number of nitrogens with zero attached hydrogens (tertiary/aromatic N) is 3. The van der Waals surface area contributed by atoms with Crippen molar-refractivity contribution in [1.82, 2.24) is 18.8 Å². The van der Waals surface area contributed by atoms with Crippen LogP contribution in [0.4, 0.5) is 0 Å². The SMILES string of the molecule is COC(=O)c1ccc(CNC(=O)C(C)N2CCN(S(=O)(=O)N(C)C3CCCCC3)CC2)cc1. The summed E-state index contributed by atoms with van der Waals surface area (Å²) in [5.74, 6) is -0.507. The van der Waals surface area contributed by atoms with Crippen LogP contribution >= 0.6 is 0 Å². The number of carbonyl (C=O) groups excluding carboxylic acids is 2. The summed E-state index contributed by atoms with van der Waals surface area (Å²) in [5, 5.41) is 2.92. The van der Waals surface area contributed by atoms with Crippen LogP contribution in [-0.2, 0) is 26.3 Å². The third-order valence-electron chi connectivity index (χ3n) is 6.82. The summed E-state index contributed by atoms with van der Waals surface area (Å²) in [4.78, 5) is 26.2. The molecule has 10 heteroatoms. The number of esters is 1. The van der Waals surface area contributed by atoms with Crippen LogP contribution < -0.4 is 5.32 Å². The number of piperazine rings is 1. The van der Waals surface area contributed by atoms with Gasteiger partial charge in [-0.1, -0.05) is 31.4 Å². The summed E-state index contributed by atoms with van der Waals surface area (Å²) in [6.07, 6.45) is 5.21. The van der Waals surface area contributed by atoms with Gasteiger partial charge in [-0.25, -0.2) is 4.79 Å². The Morgan fingerprint density at radius 1 is 1.09 bits per heavy atom. The lowest BCUT2D eigenvalue weighted by Crippen LogP contribution is -2.57. The lowest BCUT2D eigenvalue weighted by molar-refractivity contribution is -0.126. The minimum absolute atomic E-state index is 0.0909. The van der Waals surface area contributed by atoms with Crippen LogP contribution in [0.3, 0.4) is 0 Å². The molecule has 1 heterocycles. The molecule has 1 aromatic carbocycles. The molecule has 0 spiro atoms. The molecule has 1 aliphatic carbocycles. The number of hydrogen-bond donors (Lipinski definition) is 1. The van der Waals surface area contributed by atoms with Crippen LogP contribution in [0.15, 0.2) is 24.3 Å². The van der Waals surface area contributed by atoms with Gasteiger partial charge in [-0.2, -0.15) is 17.0 Å². The van der Waals surface area contributed by atoms with Gasteiger partial charge >= 0.3 is 5.97 Å². The number of carbonyl (C=O) groups is 2. The molecule has 9 nitrogen and oxygen atoms in total. The highest BCUT2D eigenvalue weighted by atomic mass is 32.2. The third kappa shape index (κ3) is 6.32. The van der Waals surface area contributed by atoms with Crippen molar-refractivity contribution in [3.8, 4) is 0 Å². The van der Waals surface area contributed by atoms with Gasteiger partial charge in [0, 0.05) is 45.8 Å². The Morgan fingerprint density at radius 2 is 1.70 bits per heavy atom. The number of nitrogens with one attached hydrogen (secondary N) is 1. The number of benzene rings is 1. The van der Waals surface area contributed by atoms with Crippen molar-refractivity contribution in [2.75, 3.05) is 40.3 Å². The lowest BCUT2D eigenvalue weighted by Gasteiger charge is -2.40. The number of methoxy groups -OCH3 is 1. The van der Waals surface area contributed by atoms with E-state index in [0.29, 0.717) is 38.3 Å². The van der Waals surface area contributed by atoms with Crippen molar-refractivity contribution >= 4 is 22.1 Å². The molecule has 0 radical (unpaired) electrons. The fourth-order valence-corrected chi connectivity index (χ4v) is 6.09. The zero-order valence-corrected chi connectivity index (χ0v) is 20.6. The first-order valence-corrected chi connectivity index (χ1v) is 13.1. The second-order valence-electron chi connectivity index (χ2n) is 8.83. The highest BCUT2D eigenvalue weighted by Crippen LogP contribution is 2.25. The molecular formula is C23H36N4O5S. The number of amides is 1. The largest absolute Gasteiger partial charge is 0.465 e. The van der Waals surface area contributed by atoms with Crippen molar-refractivity contribution in [2.24, 2.45) is 0 Å². The van der Waals surface area contributed by atoms with Crippen LogP contribution in [0, 0.1) is 0 Å². The predicted octanol–water partition coefficient (Wildman–Crippen LogP) is 1.60. The molecule has 0 aromatic heterocycles. The molecule has 184 valence electrons. The van der Waals surface area contributed by atoms with Gasteiger partial charge < -0.3 is 10.1 Å². The standard InChI is InChI=1S/C23H36N4O5S/c1-18(22(28)24-17-19-9-11-20(12-10-19)23(29)32-3)26-13-15-27(16-14-26)33(30,31)25(2)21-7-5-4-6-8-21/h9-12,18,21H,4-8,13-17H2,1-3H3,(H,24,28). The van der Waals surface area contributed by atoms with Gasteiger partial charge in [0.1, 0.15) is 0 Å². The first kappa shape index (κ1) is 25.6. The molecule has 1 unspecified atom stereocenters. The van der Waals surface area contributed by atoms with Gasteiger partial charge in [-0.15, -0.1) is 0 Å². The third-order valence-corrected chi connectivity index (χ3v) is 8.87. The van der Waals surface area contributed by atoms with Crippen molar-refractivity contribution < 1.29 is 22.7 Å². The van der Waals surface area contributed by atoms with Crippen molar-refractivity contribution in [2.45, 2.75) is 57.7 Å². The van der Waals surface area contributed by atoms with Crippen molar-refractivity contribution in [3.05, 3.63) is 35.4 Å². The average Bonchev–Trinajstić information content (AvgIpc) is 2.86. The van der Waals surface area contributed by atoms with E-state index in [4.69, 9.17) is 0 Å². The van der Waals surface area contributed by atoms with E-state index in [9.17, 15) is 18.0 Å². The summed E-state index contributed by atoms with van der Waals surface area (Å²) in [5.41, 5.74) is 1.34. The Labute approximate surface area is 197 Å². The predicted molar refractivity (Wildman–Crippen MR) is 126 cm³/mol. The quantitative estimate of drug-likeness (QED) is 0.568. The van der Waals surface area contributed by atoms with Crippen LogP contribution in [0.1, 0.15) is 54.9 Å². The Kier molecular flexibility index (Phi) is 8.86. The average molecular weight is 481 g/mol. The number of hydrogen-bond acceptors (Lipinski definition) is 6. The Bertz CT molecular complexity index is 907. The summed E-state index contributed by atoms with van der Waals surface area (Å²) in [6, 6.07) is 6.63. The maximum atomic E-state index is 13.1. The highest BCUT2D eigenvalue weighted by Gasteiger charge is 2.36. The zero-order valence-electron chi connectivity index (χ0n) is 19.8. The van der Waals surface area contributed by atoms with Crippen LogP contribution in [-0.4, -0.2) is 86.2 Å². The number of rotatable bonds is 8. The van der Waals surface area contributed by atoms with E-state index < -0.39 is 16.2 Å². The molecule has 1 atom stereocenters. The van der Waals surface area contributed by atoms with Gasteiger partial charge in [-0.05, 0) is 37.5 Å². The summed E-state index contributed by atoms with van der Waals surface area (Å²) in [6.45, 7) is 3.98. The van der Waals surface area contributed by atoms with E-state index in [1.54, 1.807) is 39.9 Å². The van der Waals surface area contributed by atoms with E-state index in [2.05, 4.69) is 10.1 Å². The van der Waals surface area contributed by atoms with Gasteiger partial charge in [0.05, 0.1) is 18.7 Å². The topological polar surface area (TPSA) is 99.3 Å². The highest BCUT2D eigenvalue weighted by molar-refractivity contribution is 7.86. The molecule has 1 saturated heterocycles. The first-order chi connectivity index (χ1) is 15.7. The Hall–Kier alpha value is -2.01. The van der Waals surface area contributed by atoms with E-state index in [1.807, 2.05) is 11.8 Å². The second-order valence-corrected chi connectivity index (χ2v) is 10.8. The minimum atomic E-state index is -3.48. The zero-order chi connectivity index (χ0) is 24.0. The molecule has 0 bridgehead atoms. The summed E-state index contributed by atoms with van der Waals surface area (Å²) in [7, 11) is -0.447. The lowest BCUT2D eigenvalue weighted by atomic mass is 9.96. The molecule has 3 rings (SSSR count). The molecule has 1 saturated carbocycles. The van der Waals surface area contributed by atoms with E-state index in [-0.39, 0.29) is 18.0 Å². The second kappa shape index (κ2) is 11.4. The fourth-order valence-electron chi connectivity index (χ4n) is 4.52. The van der Waals surface area contributed by atoms with E-state index in [1.165, 1.54) is 13.5 Å².